The number of amides is 2. The summed E-state index contributed by atoms with van der Waals surface area (Å²) in [7, 11) is 0. The number of carbonyl (C=O) groups excluding carboxylic acids is 1. The van der Waals surface area contributed by atoms with Gasteiger partial charge in [-0.3, -0.25) is 4.98 Å². The molecule has 1 aromatic heterocycles. The van der Waals surface area contributed by atoms with Gasteiger partial charge in [0.25, 0.3) is 0 Å². The molecule has 2 heterocycles. The molecule has 2 saturated carbocycles. The van der Waals surface area contributed by atoms with Gasteiger partial charge in [0.15, 0.2) is 11.5 Å². The monoisotopic (exact) mass is 480 g/mol. The van der Waals surface area contributed by atoms with Crippen LogP contribution in [0.15, 0.2) is 36.5 Å². The Kier molecular flexibility index (Phi) is 5.15. The number of anilines is 1. The fraction of sp³-hybridized carbons (Fsp3) is 0.360. The third-order valence-corrected chi connectivity index (χ3v) is 6.66. The highest BCUT2D eigenvalue weighted by atomic mass is 35.5. The summed E-state index contributed by atoms with van der Waals surface area (Å²) in [6.07, 6.45) is 6.42. The second-order valence-electron chi connectivity index (χ2n) is 9.25. The Morgan fingerprint density at radius 1 is 1.24 bits per heavy atom. The summed E-state index contributed by atoms with van der Waals surface area (Å²) in [6, 6.07) is 8.91. The van der Waals surface area contributed by atoms with Crippen molar-refractivity contribution in [2.24, 2.45) is 5.73 Å². The number of nitrogens with zero attached hydrogens (tertiary/aromatic N) is 1. The molecule has 2 aromatic carbocycles. The van der Waals surface area contributed by atoms with Gasteiger partial charge in [0.05, 0.1) is 33.8 Å². The van der Waals surface area contributed by atoms with Crippen molar-refractivity contribution in [2.45, 2.75) is 43.7 Å². The summed E-state index contributed by atoms with van der Waals surface area (Å²) in [6.45, 7) is 1.03. The zero-order valence-corrected chi connectivity index (χ0v) is 19.3. The molecule has 3 aromatic rings. The predicted molar refractivity (Wildman–Crippen MR) is 129 cm³/mol. The molecule has 4 N–H and O–H groups in total. The molecule has 6 rings (SSSR count). The maximum absolute atomic E-state index is 12.0. The number of hydrogen-bond acceptors (Lipinski definition) is 6. The summed E-state index contributed by atoms with van der Waals surface area (Å²) in [5, 5.41) is 6.94. The van der Waals surface area contributed by atoms with Crippen LogP contribution in [0.3, 0.4) is 0 Å². The van der Waals surface area contributed by atoms with Crippen LogP contribution in [0.4, 0.5) is 10.5 Å². The Labute approximate surface area is 201 Å². The molecule has 0 saturated heterocycles. The van der Waals surface area contributed by atoms with E-state index in [1.165, 1.54) is 0 Å². The van der Waals surface area contributed by atoms with Crippen molar-refractivity contribution in [3.05, 3.63) is 47.1 Å². The molecule has 2 amide bonds. The number of urea groups is 1. The lowest BCUT2D eigenvalue weighted by Gasteiger charge is -2.17. The second-order valence-corrected chi connectivity index (χ2v) is 9.66. The molecule has 8 nitrogen and oxygen atoms in total. The van der Waals surface area contributed by atoms with Gasteiger partial charge in [0, 0.05) is 36.4 Å². The van der Waals surface area contributed by atoms with Crippen LogP contribution >= 0.6 is 11.6 Å². The third kappa shape index (κ3) is 4.31. The number of halogens is 1. The first-order chi connectivity index (χ1) is 16.5. The van der Waals surface area contributed by atoms with Gasteiger partial charge in [-0.05, 0) is 43.9 Å². The molecular formula is C25H25ClN4O4. The predicted octanol–water partition coefficient (Wildman–Crippen LogP) is 4.77. The average Bonchev–Trinajstić information content (AvgIpc) is 3.72. The second kappa shape index (κ2) is 8.21. The van der Waals surface area contributed by atoms with E-state index in [-0.39, 0.29) is 17.6 Å². The Morgan fingerprint density at radius 2 is 2.09 bits per heavy atom. The number of rotatable bonds is 7. The Balaban J connectivity index is 1.26. The molecule has 2 aliphatic carbocycles. The molecule has 9 heteroatoms. The van der Waals surface area contributed by atoms with Crippen LogP contribution in [0, 0.1) is 0 Å². The number of benzene rings is 2. The van der Waals surface area contributed by atoms with Crippen molar-refractivity contribution in [2.75, 3.05) is 18.5 Å². The van der Waals surface area contributed by atoms with Crippen LogP contribution in [0.1, 0.15) is 31.2 Å². The van der Waals surface area contributed by atoms with Crippen molar-refractivity contribution in [3.63, 3.8) is 0 Å². The summed E-state index contributed by atoms with van der Waals surface area (Å²) in [5.41, 5.74) is 8.27. The highest BCUT2D eigenvalue weighted by Crippen LogP contribution is 2.45. The third-order valence-electron chi connectivity index (χ3n) is 6.34. The lowest BCUT2D eigenvalue weighted by Crippen LogP contribution is -2.30. The average molecular weight is 481 g/mol. The van der Waals surface area contributed by atoms with Crippen molar-refractivity contribution in [1.29, 1.82) is 0 Å². The SMILES string of the molecule is NC1(COc2cc3nccc(Oc4ccc(NC(=O)NC5CC5)c(Cl)c4)c3c3c2OCC3)CC1. The van der Waals surface area contributed by atoms with E-state index in [0.29, 0.717) is 41.2 Å². The van der Waals surface area contributed by atoms with E-state index in [4.69, 9.17) is 31.5 Å². The van der Waals surface area contributed by atoms with Crippen molar-refractivity contribution in [3.8, 4) is 23.0 Å². The van der Waals surface area contributed by atoms with Gasteiger partial charge in [-0.2, -0.15) is 0 Å². The number of aromatic nitrogens is 1. The minimum atomic E-state index is -0.256. The van der Waals surface area contributed by atoms with Crippen molar-refractivity contribution < 1.29 is 19.0 Å². The maximum atomic E-state index is 12.0. The molecule has 2 fully saturated rings. The summed E-state index contributed by atoms with van der Waals surface area (Å²) in [5.74, 6) is 2.61. The van der Waals surface area contributed by atoms with E-state index in [9.17, 15) is 4.79 Å². The van der Waals surface area contributed by atoms with E-state index in [0.717, 1.165) is 54.3 Å². The van der Waals surface area contributed by atoms with Crippen LogP contribution < -0.4 is 30.6 Å². The van der Waals surface area contributed by atoms with Gasteiger partial charge in [0.1, 0.15) is 18.1 Å². The number of hydrogen-bond donors (Lipinski definition) is 3. The number of fused-ring (bicyclic) bond motifs is 3. The minimum absolute atomic E-state index is 0.225. The molecule has 0 bridgehead atoms. The quantitative estimate of drug-likeness (QED) is 0.449. The molecule has 34 heavy (non-hydrogen) atoms. The fourth-order valence-electron chi connectivity index (χ4n) is 4.05. The summed E-state index contributed by atoms with van der Waals surface area (Å²) in [4.78, 5) is 16.6. The maximum Gasteiger partial charge on any atom is 0.319 e. The van der Waals surface area contributed by atoms with Gasteiger partial charge in [-0.25, -0.2) is 4.79 Å². The van der Waals surface area contributed by atoms with Crippen LogP contribution in [0.25, 0.3) is 10.9 Å². The molecule has 0 spiro atoms. The Bertz CT molecular complexity index is 1290. The Morgan fingerprint density at radius 3 is 2.85 bits per heavy atom. The van der Waals surface area contributed by atoms with Crippen LogP contribution in [-0.4, -0.2) is 35.8 Å². The summed E-state index contributed by atoms with van der Waals surface area (Å²) < 4.78 is 18.2. The van der Waals surface area contributed by atoms with Crippen molar-refractivity contribution >= 4 is 34.2 Å². The van der Waals surface area contributed by atoms with Crippen LogP contribution in [0.2, 0.25) is 5.02 Å². The lowest BCUT2D eigenvalue weighted by molar-refractivity contribution is 0.251. The lowest BCUT2D eigenvalue weighted by atomic mass is 10.0. The van der Waals surface area contributed by atoms with Gasteiger partial charge in [-0.1, -0.05) is 11.6 Å². The first-order valence-corrected chi connectivity index (χ1v) is 11.9. The van der Waals surface area contributed by atoms with E-state index < -0.39 is 0 Å². The molecule has 0 radical (unpaired) electrons. The van der Waals surface area contributed by atoms with Gasteiger partial charge in [0.2, 0.25) is 0 Å². The molecule has 176 valence electrons. The number of nitrogens with two attached hydrogens (primary N) is 1. The largest absolute Gasteiger partial charge is 0.489 e. The van der Waals surface area contributed by atoms with Crippen LogP contribution in [-0.2, 0) is 6.42 Å². The smallest absolute Gasteiger partial charge is 0.319 e. The van der Waals surface area contributed by atoms with Gasteiger partial charge in [-0.15, -0.1) is 0 Å². The van der Waals surface area contributed by atoms with E-state index in [2.05, 4.69) is 15.6 Å². The van der Waals surface area contributed by atoms with E-state index in [1.54, 1.807) is 24.4 Å². The van der Waals surface area contributed by atoms with E-state index >= 15 is 0 Å². The standard InChI is InChI=1S/C25H25ClN4O4/c26-17-11-15(3-4-18(17)30-24(31)29-14-1-2-14)34-20-5-9-28-19-12-21(33-13-25(27)7-8-25)23-16(22(19)20)6-10-32-23/h3-5,9,11-12,14H,1-2,6-8,10,13,27H2,(H2,29,30,31). The fourth-order valence-corrected chi connectivity index (χ4v) is 4.27. The van der Waals surface area contributed by atoms with Crippen molar-refractivity contribution in [1.82, 2.24) is 10.3 Å². The number of carbonyl (C=O) groups is 1. The zero-order chi connectivity index (χ0) is 23.3. The molecule has 0 atom stereocenters. The van der Waals surface area contributed by atoms with Crippen LogP contribution in [0.5, 0.6) is 23.0 Å². The number of nitrogens with one attached hydrogen (secondary N) is 2. The normalized spacial score (nSPS) is 17.6. The highest BCUT2D eigenvalue weighted by molar-refractivity contribution is 6.33. The summed E-state index contributed by atoms with van der Waals surface area (Å²) >= 11 is 6.42. The molecule has 1 aliphatic heterocycles. The van der Waals surface area contributed by atoms with E-state index in [1.807, 2.05) is 12.1 Å². The number of pyridine rings is 1. The first-order valence-electron chi connectivity index (χ1n) is 11.5. The number of ether oxygens (including phenoxy) is 3. The molecule has 3 aliphatic rings. The van der Waals surface area contributed by atoms with Gasteiger partial charge >= 0.3 is 6.03 Å². The highest BCUT2D eigenvalue weighted by Gasteiger charge is 2.39. The molecule has 0 unspecified atom stereocenters. The molecular weight excluding hydrogens is 456 g/mol. The van der Waals surface area contributed by atoms with Gasteiger partial charge < -0.3 is 30.6 Å². The first kappa shape index (κ1) is 21.3. The zero-order valence-electron chi connectivity index (χ0n) is 18.5. The minimum Gasteiger partial charge on any atom is -0.489 e. The Hall–Kier alpha value is -3.23. The topological polar surface area (TPSA) is 108 Å².